The van der Waals surface area contributed by atoms with E-state index in [1.807, 2.05) is 22.8 Å². The van der Waals surface area contributed by atoms with Crippen molar-refractivity contribution in [3.8, 4) is 0 Å². The number of hydrogen-bond donors (Lipinski definition) is 2. The second-order valence-electron chi connectivity index (χ2n) is 7.52. The first-order valence-corrected chi connectivity index (χ1v) is 9.71. The van der Waals surface area contributed by atoms with Crippen molar-refractivity contribution in [1.82, 2.24) is 24.5 Å². The van der Waals surface area contributed by atoms with Crippen LogP contribution >= 0.6 is 0 Å². The van der Waals surface area contributed by atoms with Crippen LogP contribution in [0.15, 0.2) is 30.6 Å². The first-order valence-electron chi connectivity index (χ1n) is 9.71. The molecule has 0 fully saturated rings. The lowest BCUT2D eigenvalue weighted by molar-refractivity contribution is 0.166. The zero-order valence-electron chi connectivity index (χ0n) is 16.2. The number of nitrogens with zero attached hydrogens (tertiary/aromatic N) is 5. The standard InChI is InChI=1S/C21H25N5O2/c1-13(2)26-19-10-16(23-11-18(19)25-20(26)12-27)9-15-7-8-22-21(24-15)14-3-5-17(28)6-4-14/h3,7-8,10-11,13,17,27-28H,4-6,9,12H2,1-2H3. The summed E-state index contributed by atoms with van der Waals surface area (Å²) >= 11 is 0. The van der Waals surface area contributed by atoms with E-state index in [1.54, 1.807) is 12.4 Å². The van der Waals surface area contributed by atoms with Crippen molar-refractivity contribution in [3.05, 3.63) is 53.6 Å². The van der Waals surface area contributed by atoms with Gasteiger partial charge in [-0.25, -0.2) is 15.0 Å². The first kappa shape index (κ1) is 18.7. The van der Waals surface area contributed by atoms with Crippen LogP contribution in [0.1, 0.15) is 62.2 Å². The summed E-state index contributed by atoms with van der Waals surface area (Å²) in [5.74, 6) is 1.39. The van der Waals surface area contributed by atoms with E-state index in [0.717, 1.165) is 46.7 Å². The van der Waals surface area contributed by atoms with Gasteiger partial charge >= 0.3 is 0 Å². The molecule has 3 heterocycles. The summed E-state index contributed by atoms with van der Waals surface area (Å²) in [4.78, 5) is 18.1. The van der Waals surface area contributed by atoms with Crippen molar-refractivity contribution in [2.24, 2.45) is 0 Å². The van der Waals surface area contributed by atoms with Crippen LogP contribution in [0.4, 0.5) is 0 Å². The average Bonchev–Trinajstić information content (AvgIpc) is 3.07. The molecule has 0 bridgehead atoms. The molecule has 0 spiro atoms. The molecule has 1 aliphatic carbocycles. The number of fused-ring (bicyclic) bond motifs is 1. The summed E-state index contributed by atoms with van der Waals surface area (Å²) < 4.78 is 2.05. The molecule has 0 amide bonds. The summed E-state index contributed by atoms with van der Waals surface area (Å²) in [6.45, 7) is 4.05. The molecule has 2 N–H and O–H groups in total. The number of imidazole rings is 1. The third kappa shape index (κ3) is 3.68. The van der Waals surface area contributed by atoms with E-state index < -0.39 is 0 Å². The molecule has 1 aliphatic rings. The Morgan fingerprint density at radius 3 is 2.79 bits per heavy atom. The number of aliphatic hydroxyl groups is 2. The Morgan fingerprint density at radius 2 is 2.07 bits per heavy atom. The molecule has 4 rings (SSSR count). The van der Waals surface area contributed by atoms with Gasteiger partial charge in [0.25, 0.3) is 0 Å². The van der Waals surface area contributed by atoms with Crippen molar-refractivity contribution in [2.45, 2.75) is 58.3 Å². The molecule has 1 atom stereocenters. The number of aromatic nitrogens is 5. The Morgan fingerprint density at radius 1 is 1.21 bits per heavy atom. The summed E-state index contributed by atoms with van der Waals surface area (Å²) in [5.41, 5.74) is 4.66. The second kappa shape index (κ2) is 7.77. The highest BCUT2D eigenvalue weighted by Gasteiger charge is 2.16. The Hall–Kier alpha value is -2.64. The van der Waals surface area contributed by atoms with Crippen LogP contribution in [-0.2, 0) is 13.0 Å². The zero-order valence-corrected chi connectivity index (χ0v) is 16.2. The quantitative estimate of drug-likeness (QED) is 0.707. The van der Waals surface area contributed by atoms with Gasteiger partial charge in [-0.3, -0.25) is 4.98 Å². The van der Waals surface area contributed by atoms with Crippen LogP contribution in [0.5, 0.6) is 0 Å². The number of aliphatic hydroxyl groups excluding tert-OH is 2. The Kier molecular flexibility index (Phi) is 5.19. The van der Waals surface area contributed by atoms with Gasteiger partial charge in [0.1, 0.15) is 17.9 Å². The highest BCUT2D eigenvalue weighted by molar-refractivity contribution is 5.75. The normalized spacial score (nSPS) is 17.3. The van der Waals surface area contributed by atoms with E-state index in [1.165, 1.54) is 0 Å². The molecule has 0 aromatic carbocycles. The molecule has 7 nitrogen and oxygen atoms in total. The van der Waals surface area contributed by atoms with Gasteiger partial charge in [0, 0.05) is 24.4 Å². The minimum absolute atomic E-state index is 0.0960. The topological polar surface area (TPSA) is 97.0 Å². The smallest absolute Gasteiger partial charge is 0.154 e. The van der Waals surface area contributed by atoms with Gasteiger partial charge in [-0.1, -0.05) is 6.08 Å². The fourth-order valence-electron chi connectivity index (χ4n) is 3.73. The van der Waals surface area contributed by atoms with E-state index in [4.69, 9.17) is 4.98 Å². The Labute approximate surface area is 163 Å². The molecule has 3 aromatic rings. The van der Waals surface area contributed by atoms with E-state index in [0.29, 0.717) is 18.7 Å². The van der Waals surface area contributed by atoms with Gasteiger partial charge in [0.15, 0.2) is 5.82 Å². The molecular weight excluding hydrogens is 354 g/mol. The van der Waals surface area contributed by atoms with E-state index in [2.05, 4.69) is 28.8 Å². The van der Waals surface area contributed by atoms with Crippen molar-refractivity contribution in [1.29, 1.82) is 0 Å². The fourth-order valence-corrected chi connectivity index (χ4v) is 3.73. The van der Waals surface area contributed by atoms with Crippen molar-refractivity contribution >= 4 is 16.6 Å². The number of rotatable bonds is 5. The second-order valence-corrected chi connectivity index (χ2v) is 7.52. The van der Waals surface area contributed by atoms with Crippen LogP contribution < -0.4 is 0 Å². The molecular formula is C21H25N5O2. The third-order valence-electron chi connectivity index (χ3n) is 5.11. The fraction of sp³-hybridized carbons (Fsp3) is 0.429. The largest absolute Gasteiger partial charge is 0.393 e. The molecule has 0 saturated carbocycles. The van der Waals surface area contributed by atoms with Gasteiger partial charge in [0.05, 0.1) is 23.5 Å². The van der Waals surface area contributed by atoms with Crippen LogP contribution in [0, 0.1) is 0 Å². The Bertz CT molecular complexity index is 1020. The van der Waals surface area contributed by atoms with Gasteiger partial charge in [-0.15, -0.1) is 0 Å². The van der Waals surface area contributed by atoms with Crippen molar-refractivity contribution in [3.63, 3.8) is 0 Å². The molecule has 1 unspecified atom stereocenters. The number of hydrogen-bond acceptors (Lipinski definition) is 6. The molecule has 0 aliphatic heterocycles. The average molecular weight is 379 g/mol. The van der Waals surface area contributed by atoms with Crippen molar-refractivity contribution < 1.29 is 10.2 Å². The summed E-state index contributed by atoms with van der Waals surface area (Å²) in [6, 6.07) is 4.13. The lowest BCUT2D eigenvalue weighted by Crippen LogP contribution is -2.11. The lowest BCUT2D eigenvalue weighted by Gasteiger charge is -2.16. The summed E-state index contributed by atoms with van der Waals surface area (Å²) in [7, 11) is 0. The molecule has 3 aromatic heterocycles. The molecule has 0 saturated heterocycles. The monoisotopic (exact) mass is 379 g/mol. The molecule has 7 heteroatoms. The predicted molar refractivity (Wildman–Crippen MR) is 107 cm³/mol. The van der Waals surface area contributed by atoms with Gasteiger partial charge in [0.2, 0.25) is 0 Å². The number of allylic oxidation sites excluding steroid dienone is 1. The maximum Gasteiger partial charge on any atom is 0.154 e. The van der Waals surface area contributed by atoms with Gasteiger partial charge in [-0.2, -0.15) is 0 Å². The molecule has 28 heavy (non-hydrogen) atoms. The zero-order chi connectivity index (χ0) is 19.7. The highest BCUT2D eigenvalue weighted by atomic mass is 16.3. The Balaban J connectivity index is 1.63. The lowest BCUT2D eigenvalue weighted by atomic mass is 9.96. The van der Waals surface area contributed by atoms with Crippen molar-refractivity contribution in [2.75, 3.05) is 0 Å². The van der Waals surface area contributed by atoms with E-state index >= 15 is 0 Å². The van der Waals surface area contributed by atoms with Crippen LogP contribution in [-0.4, -0.2) is 40.8 Å². The third-order valence-corrected chi connectivity index (χ3v) is 5.11. The number of pyridine rings is 1. The summed E-state index contributed by atoms with van der Waals surface area (Å²) in [6.07, 6.45) is 8.13. The van der Waals surface area contributed by atoms with Gasteiger partial charge < -0.3 is 14.8 Å². The summed E-state index contributed by atoms with van der Waals surface area (Å²) in [5, 5.41) is 19.3. The van der Waals surface area contributed by atoms with Crippen LogP contribution in [0.2, 0.25) is 0 Å². The predicted octanol–water partition coefficient (Wildman–Crippen LogP) is 2.81. The minimum atomic E-state index is -0.252. The highest BCUT2D eigenvalue weighted by Crippen LogP contribution is 2.25. The van der Waals surface area contributed by atoms with Crippen LogP contribution in [0.25, 0.3) is 16.6 Å². The molecule has 146 valence electrons. The van der Waals surface area contributed by atoms with E-state index in [-0.39, 0.29) is 18.8 Å². The van der Waals surface area contributed by atoms with Gasteiger partial charge in [-0.05, 0) is 50.8 Å². The molecule has 0 radical (unpaired) electrons. The maximum atomic E-state index is 9.67. The SMILES string of the molecule is CC(C)n1c(CO)nc2cnc(Cc3ccnc(C4=CCC(O)CC4)n3)cc21. The minimum Gasteiger partial charge on any atom is -0.393 e. The first-order chi connectivity index (χ1) is 13.5. The maximum absolute atomic E-state index is 9.67. The van der Waals surface area contributed by atoms with Crippen LogP contribution in [0.3, 0.4) is 0 Å². The van der Waals surface area contributed by atoms with E-state index in [9.17, 15) is 10.2 Å².